The Bertz CT molecular complexity index is 261. The molecular weight excluding hydrogens is 160 g/mol. The average Bonchev–Trinajstić information content (AvgIpc) is 2.48. The lowest BCUT2D eigenvalue weighted by Crippen LogP contribution is -2.13. The van der Waals surface area contributed by atoms with Crippen molar-refractivity contribution in [2.24, 2.45) is 5.41 Å². The molecule has 0 atom stereocenters. The van der Waals surface area contributed by atoms with Gasteiger partial charge >= 0.3 is 0 Å². The second kappa shape index (κ2) is 3.95. The van der Waals surface area contributed by atoms with Crippen LogP contribution in [0, 0.1) is 12.3 Å². The zero-order valence-corrected chi connectivity index (χ0v) is 9.17. The van der Waals surface area contributed by atoms with E-state index in [1.165, 1.54) is 12.8 Å². The zero-order chi connectivity index (χ0) is 9.90. The molecule has 0 aromatic carbocycles. The molecule has 0 saturated heterocycles. The lowest BCUT2D eigenvalue weighted by atomic mass is 9.86. The van der Waals surface area contributed by atoms with E-state index in [-0.39, 0.29) is 0 Å². The summed E-state index contributed by atoms with van der Waals surface area (Å²) in [7, 11) is 0. The fourth-order valence-electron chi connectivity index (χ4n) is 1.24. The molecule has 1 rings (SSSR count). The van der Waals surface area contributed by atoms with Crippen LogP contribution >= 0.6 is 0 Å². The van der Waals surface area contributed by atoms with Gasteiger partial charge in [0.1, 0.15) is 5.82 Å². The van der Waals surface area contributed by atoms with Gasteiger partial charge in [-0.2, -0.15) is 0 Å². The van der Waals surface area contributed by atoms with Gasteiger partial charge < -0.3 is 4.57 Å². The summed E-state index contributed by atoms with van der Waals surface area (Å²) in [6, 6.07) is 0. The third-order valence-corrected chi connectivity index (χ3v) is 2.91. The van der Waals surface area contributed by atoms with Crippen molar-refractivity contribution < 1.29 is 0 Å². The predicted molar refractivity (Wildman–Crippen MR) is 55.7 cm³/mol. The Hall–Kier alpha value is -0.790. The first-order valence-corrected chi connectivity index (χ1v) is 5.03. The van der Waals surface area contributed by atoms with Crippen molar-refractivity contribution in [3.8, 4) is 0 Å². The van der Waals surface area contributed by atoms with Crippen LogP contribution in [0.1, 0.15) is 39.4 Å². The lowest BCUT2D eigenvalue weighted by molar-refractivity contribution is 0.300. The minimum Gasteiger partial charge on any atom is -0.335 e. The standard InChI is InChI=1S/C11H20N2/c1-5-11(3,4)6-8-13-9-7-12-10(13)2/h7,9H,5-6,8H2,1-4H3. The maximum Gasteiger partial charge on any atom is 0.105 e. The van der Waals surface area contributed by atoms with Crippen LogP contribution in [0.4, 0.5) is 0 Å². The summed E-state index contributed by atoms with van der Waals surface area (Å²) in [5, 5.41) is 0. The molecule has 1 aromatic heterocycles. The Morgan fingerprint density at radius 2 is 2.15 bits per heavy atom. The Balaban J connectivity index is 2.48. The highest BCUT2D eigenvalue weighted by molar-refractivity contribution is 4.88. The molecule has 2 nitrogen and oxygen atoms in total. The molecule has 0 radical (unpaired) electrons. The van der Waals surface area contributed by atoms with Crippen molar-refractivity contribution in [2.45, 2.75) is 47.1 Å². The molecule has 74 valence electrons. The van der Waals surface area contributed by atoms with Crippen LogP contribution in [0.25, 0.3) is 0 Å². The number of hydrogen-bond donors (Lipinski definition) is 0. The van der Waals surface area contributed by atoms with Gasteiger partial charge in [-0.25, -0.2) is 4.98 Å². The van der Waals surface area contributed by atoms with Crippen molar-refractivity contribution in [3.05, 3.63) is 18.2 Å². The molecule has 0 fully saturated rings. The molecular formula is C11H20N2. The predicted octanol–water partition coefficient (Wildman–Crippen LogP) is 3.02. The van der Waals surface area contributed by atoms with Gasteiger partial charge in [0.2, 0.25) is 0 Å². The fourth-order valence-corrected chi connectivity index (χ4v) is 1.24. The van der Waals surface area contributed by atoms with Crippen LogP contribution in [0.3, 0.4) is 0 Å². The number of rotatable bonds is 4. The Labute approximate surface area is 81.0 Å². The van der Waals surface area contributed by atoms with E-state index < -0.39 is 0 Å². The number of nitrogens with zero attached hydrogens (tertiary/aromatic N) is 2. The van der Waals surface area contributed by atoms with Crippen LogP contribution < -0.4 is 0 Å². The van der Waals surface area contributed by atoms with Gasteiger partial charge in [-0.15, -0.1) is 0 Å². The smallest absolute Gasteiger partial charge is 0.105 e. The summed E-state index contributed by atoms with van der Waals surface area (Å²) < 4.78 is 2.22. The summed E-state index contributed by atoms with van der Waals surface area (Å²) in [5.74, 6) is 1.12. The van der Waals surface area contributed by atoms with Gasteiger partial charge in [0.05, 0.1) is 0 Å². The molecule has 0 N–H and O–H groups in total. The first-order chi connectivity index (χ1) is 6.05. The summed E-state index contributed by atoms with van der Waals surface area (Å²) in [6.45, 7) is 10.0. The van der Waals surface area contributed by atoms with E-state index in [4.69, 9.17) is 0 Å². The SMILES string of the molecule is CCC(C)(C)CCn1ccnc1C. The second-order valence-corrected chi connectivity index (χ2v) is 4.44. The van der Waals surface area contributed by atoms with E-state index in [1.807, 2.05) is 6.20 Å². The number of aryl methyl sites for hydroxylation is 2. The molecule has 0 aliphatic carbocycles. The maximum absolute atomic E-state index is 4.21. The van der Waals surface area contributed by atoms with E-state index in [9.17, 15) is 0 Å². The van der Waals surface area contributed by atoms with Crippen LogP contribution in [0.15, 0.2) is 12.4 Å². The molecule has 0 unspecified atom stereocenters. The number of aromatic nitrogens is 2. The minimum absolute atomic E-state index is 0.455. The maximum atomic E-state index is 4.21. The molecule has 0 aliphatic rings. The molecule has 0 amide bonds. The topological polar surface area (TPSA) is 17.8 Å². The van der Waals surface area contributed by atoms with E-state index in [0.29, 0.717) is 5.41 Å². The Kier molecular flexibility index (Phi) is 3.12. The Morgan fingerprint density at radius 1 is 1.46 bits per heavy atom. The fraction of sp³-hybridized carbons (Fsp3) is 0.727. The summed E-state index contributed by atoms with van der Waals surface area (Å²) in [6.07, 6.45) is 6.39. The van der Waals surface area contributed by atoms with Crippen LogP contribution in [0.5, 0.6) is 0 Å². The van der Waals surface area contributed by atoms with Gasteiger partial charge in [0.15, 0.2) is 0 Å². The van der Waals surface area contributed by atoms with Crippen molar-refractivity contribution >= 4 is 0 Å². The monoisotopic (exact) mass is 180 g/mol. The van der Waals surface area contributed by atoms with Gasteiger partial charge in [-0.1, -0.05) is 27.2 Å². The molecule has 0 saturated carbocycles. The van der Waals surface area contributed by atoms with Crippen molar-refractivity contribution in [1.82, 2.24) is 9.55 Å². The van der Waals surface area contributed by atoms with E-state index in [1.54, 1.807) is 0 Å². The zero-order valence-electron chi connectivity index (χ0n) is 9.17. The van der Waals surface area contributed by atoms with Gasteiger partial charge in [-0.05, 0) is 18.8 Å². The lowest BCUT2D eigenvalue weighted by Gasteiger charge is -2.22. The molecule has 0 bridgehead atoms. The van der Waals surface area contributed by atoms with Crippen LogP contribution in [-0.4, -0.2) is 9.55 Å². The summed E-state index contributed by atoms with van der Waals surface area (Å²) in [5.41, 5.74) is 0.455. The largest absolute Gasteiger partial charge is 0.335 e. The minimum atomic E-state index is 0.455. The van der Waals surface area contributed by atoms with Crippen molar-refractivity contribution in [2.75, 3.05) is 0 Å². The van der Waals surface area contributed by atoms with Crippen molar-refractivity contribution in [1.29, 1.82) is 0 Å². The van der Waals surface area contributed by atoms with Crippen LogP contribution in [-0.2, 0) is 6.54 Å². The van der Waals surface area contributed by atoms with Crippen LogP contribution in [0.2, 0.25) is 0 Å². The number of hydrogen-bond acceptors (Lipinski definition) is 1. The summed E-state index contributed by atoms with van der Waals surface area (Å²) in [4.78, 5) is 4.21. The first-order valence-electron chi connectivity index (χ1n) is 5.03. The third-order valence-electron chi connectivity index (χ3n) is 2.91. The highest BCUT2D eigenvalue weighted by atomic mass is 15.0. The molecule has 0 aliphatic heterocycles. The highest BCUT2D eigenvalue weighted by Gasteiger charge is 2.14. The number of imidazole rings is 1. The quantitative estimate of drug-likeness (QED) is 0.696. The van der Waals surface area contributed by atoms with E-state index in [0.717, 1.165) is 12.4 Å². The molecule has 0 spiro atoms. The van der Waals surface area contributed by atoms with Gasteiger partial charge in [0, 0.05) is 18.9 Å². The Morgan fingerprint density at radius 3 is 2.62 bits per heavy atom. The second-order valence-electron chi connectivity index (χ2n) is 4.44. The molecule has 13 heavy (non-hydrogen) atoms. The molecule has 1 aromatic rings. The summed E-state index contributed by atoms with van der Waals surface area (Å²) >= 11 is 0. The molecule has 2 heteroatoms. The van der Waals surface area contributed by atoms with Crippen molar-refractivity contribution in [3.63, 3.8) is 0 Å². The van der Waals surface area contributed by atoms with E-state index in [2.05, 4.69) is 43.4 Å². The van der Waals surface area contributed by atoms with Gasteiger partial charge in [0.25, 0.3) is 0 Å². The average molecular weight is 180 g/mol. The normalized spacial score (nSPS) is 12.0. The van der Waals surface area contributed by atoms with E-state index >= 15 is 0 Å². The van der Waals surface area contributed by atoms with Gasteiger partial charge in [-0.3, -0.25) is 0 Å². The highest BCUT2D eigenvalue weighted by Crippen LogP contribution is 2.25. The first kappa shape index (κ1) is 10.3. The molecule has 1 heterocycles. The third kappa shape index (κ3) is 2.87.